The van der Waals surface area contributed by atoms with Crippen LogP contribution in [0.2, 0.25) is 0 Å². The van der Waals surface area contributed by atoms with Gasteiger partial charge in [0.15, 0.2) is 0 Å². The number of hydrogen-bond acceptors (Lipinski definition) is 3. The first kappa shape index (κ1) is 35.5. The zero-order chi connectivity index (χ0) is 23.4. The Bertz CT molecular complexity index is 501. The molecule has 0 amide bonds. The topological polar surface area (TPSA) is 131 Å². The van der Waals surface area contributed by atoms with E-state index < -0.39 is 26.2 Å². The molecule has 1 rings (SSSR count). The second kappa shape index (κ2) is 20.3. The Morgan fingerprint density at radius 3 is 1.39 bits per heavy atom. The van der Waals surface area contributed by atoms with Crippen molar-refractivity contribution in [3.63, 3.8) is 0 Å². The number of benzene rings is 1. The Kier molecular flexibility index (Phi) is 25.7. The highest BCUT2D eigenvalue weighted by Crippen LogP contribution is 2.27. The Hall–Kier alpha value is 0.0300. The van der Waals surface area contributed by atoms with E-state index in [9.17, 15) is 13.2 Å². The average Bonchev–Trinajstić information content (AvgIpc) is 2.46. The molecule has 170 valence electrons. The van der Waals surface area contributed by atoms with E-state index in [2.05, 4.69) is 42.2 Å². The lowest BCUT2D eigenvalue weighted by atomic mass is 10.2. The van der Waals surface area contributed by atoms with Crippen molar-refractivity contribution in [2.24, 2.45) is 0 Å². The van der Waals surface area contributed by atoms with Crippen molar-refractivity contribution in [2.45, 2.75) is 46.9 Å². The summed E-state index contributed by atoms with van der Waals surface area (Å²) in [5, 5.41) is 0. The third-order valence-electron chi connectivity index (χ3n) is 1.38. The average molecular weight is 492 g/mol. The van der Waals surface area contributed by atoms with Gasteiger partial charge in [-0.1, -0.05) is 64.4 Å². The molecular formula is C14H29F3O7P2S2. The fourth-order valence-electron chi connectivity index (χ4n) is 0.859. The summed E-state index contributed by atoms with van der Waals surface area (Å²) in [5.74, 6) is 0. The standard InChI is InChI=1S/C9H9F3O.C3H8.C2H6.2H3O3PS/c10-9(11,12)7-13-6-8-4-2-1-3-5-8;1-3-2;1-2;2*1-4(2,3)5/h1-5H,6-7H2;3H2,1-2H3;1-2H3;2*(H3,1,2,3,5). The molecule has 28 heavy (non-hydrogen) atoms. The molecule has 0 fully saturated rings. The van der Waals surface area contributed by atoms with Gasteiger partial charge in [-0.25, -0.2) is 0 Å². The lowest BCUT2D eigenvalue weighted by Gasteiger charge is -2.06. The summed E-state index contributed by atoms with van der Waals surface area (Å²) in [4.78, 5) is 45.3. The van der Waals surface area contributed by atoms with Crippen LogP contribution in [0, 0.1) is 0 Å². The molecule has 7 nitrogen and oxygen atoms in total. The smallest absolute Gasteiger partial charge is 0.367 e. The molecule has 0 saturated heterocycles. The van der Waals surface area contributed by atoms with Crippen molar-refractivity contribution in [3.8, 4) is 0 Å². The third-order valence-corrected chi connectivity index (χ3v) is 1.38. The quantitative estimate of drug-likeness (QED) is 0.351. The molecule has 0 saturated carbocycles. The maximum atomic E-state index is 11.6. The molecule has 0 bridgehead atoms. The van der Waals surface area contributed by atoms with Crippen LogP contribution < -0.4 is 0 Å². The van der Waals surface area contributed by atoms with Gasteiger partial charge in [0, 0.05) is 0 Å². The van der Waals surface area contributed by atoms with E-state index in [1.807, 2.05) is 13.8 Å². The highest BCUT2D eigenvalue weighted by atomic mass is 32.5. The monoisotopic (exact) mass is 492 g/mol. The van der Waals surface area contributed by atoms with Crippen molar-refractivity contribution in [3.05, 3.63) is 35.9 Å². The molecular weight excluding hydrogens is 463 g/mol. The minimum atomic E-state index is -4.24. The van der Waals surface area contributed by atoms with Gasteiger partial charge in [0.2, 0.25) is 0 Å². The van der Waals surface area contributed by atoms with E-state index in [1.54, 1.807) is 30.3 Å². The minimum absolute atomic E-state index is 0.000347. The van der Waals surface area contributed by atoms with E-state index in [1.165, 1.54) is 6.42 Å². The largest absolute Gasteiger partial charge is 0.411 e. The molecule has 0 spiro atoms. The van der Waals surface area contributed by atoms with E-state index in [-0.39, 0.29) is 6.61 Å². The summed E-state index contributed by atoms with van der Waals surface area (Å²) in [5.41, 5.74) is 0.742. The molecule has 1 aromatic rings. The Morgan fingerprint density at radius 1 is 0.857 bits per heavy atom. The van der Waals surface area contributed by atoms with Crippen LogP contribution in [0.3, 0.4) is 0 Å². The van der Waals surface area contributed by atoms with Crippen molar-refractivity contribution in [1.29, 1.82) is 0 Å². The van der Waals surface area contributed by atoms with Crippen LogP contribution in [0.5, 0.6) is 0 Å². The van der Waals surface area contributed by atoms with Gasteiger partial charge in [-0.15, -0.1) is 0 Å². The van der Waals surface area contributed by atoms with Gasteiger partial charge in [-0.3, -0.25) is 0 Å². The number of ether oxygens (including phenoxy) is 1. The van der Waals surface area contributed by atoms with E-state index in [0.717, 1.165) is 5.56 Å². The predicted molar refractivity (Wildman–Crippen MR) is 111 cm³/mol. The van der Waals surface area contributed by atoms with Crippen LogP contribution in [0.1, 0.15) is 39.7 Å². The first-order chi connectivity index (χ1) is 12.5. The molecule has 0 atom stereocenters. The first-order valence-electron chi connectivity index (χ1n) is 7.74. The van der Waals surface area contributed by atoms with Gasteiger partial charge >= 0.3 is 19.6 Å². The highest BCUT2D eigenvalue weighted by Gasteiger charge is 2.27. The molecule has 0 aliphatic rings. The SMILES string of the molecule is CC.CCC.FC(F)(F)COCc1ccccc1.OP(O)(O)=S.OP(O)(O)=S. The fraction of sp³-hybridized carbons (Fsp3) is 0.571. The fourth-order valence-corrected chi connectivity index (χ4v) is 0.859. The van der Waals surface area contributed by atoms with E-state index >= 15 is 0 Å². The second-order valence-electron chi connectivity index (χ2n) is 4.33. The summed E-state index contributed by atoms with van der Waals surface area (Å²) in [6.45, 7) is -0.553. The van der Waals surface area contributed by atoms with Gasteiger partial charge in [-0.05, 0) is 29.2 Å². The molecule has 14 heteroatoms. The van der Waals surface area contributed by atoms with Crippen molar-refractivity contribution in [1.82, 2.24) is 0 Å². The number of halogens is 3. The maximum Gasteiger partial charge on any atom is 0.411 e. The maximum absolute atomic E-state index is 11.6. The number of hydrogen-bond donors (Lipinski definition) is 6. The van der Waals surface area contributed by atoms with Crippen LogP contribution in [0.4, 0.5) is 13.2 Å². The highest BCUT2D eigenvalue weighted by molar-refractivity contribution is 8.06. The summed E-state index contributed by atoms with van der Waals surface area (Å²) in [7, 11) is 0. The van der Waals surface area contributed by atoms with Crippen LogP contribution in [-0.4, -0.2) is 42.1 Å². The Labute approximate surface area is 174 Å². The molecule has 0 aliphatic heterocycles. The molecule has 0 heterocycles. The zero-order valence-corrected chi connectivity index (χ0v) is 19.4. The van der Waals surface area contributed by atoms with Gasteiger partial charge < -0.3 is 34.1 Å². The summed E-state index contributed by atoms with van der Waals surface area (Å²) >= 11 is 7.21. The van der Waals surface area contributed by atoms with Crippen molar-refractivity contribution >= 4 is 37.1 Å². The molecule has 0 unspecified atom stereocenters. The summed E-state index contributed by atoms with van der Waals surface area (Å²) < 4.78 is 39.4. The Morgan fingerprint density at radius 2 is 1.14 bits per heavy atom. The predicted octanol–water partition coefficient (Wildman–Crippen LogP) is 3.58. The van der Waals surface area contributed by atoms with Crippen LogP contribution >= 0.6 is 13.4 Å². The summed E-state index contributed by atoms with van der Waals surface area (Å²) in [6.07, 6.45) is -2.99. The zero-order valence-electron chi connectivity index (χ0n) is 15.9. The molecule has 0 aromatic heterocycles. The molecule has 0 radical (unpaired) electrons. The van der Waals surface area contributed by atoms with E-state index in [0.29, 0.717) is 0 Å². The molecule has 1 aromatic carbocycles. The molecule has 0 aliphatic carbocycles. The van der Waals surface area contributed by atoms with Gasteiger partial charge in [0.25, 0.3) is 0 Å². The van der Waals surface area contributed by atoms with Crippen molar-refractivity contribution in [2.75, 3.05) is 6.61 Å². The minimum Gasteiger partial charge on any atom is -0.367 e. The molecule has 6 N–H and O–H groups in total. The Balaban J connectivity index is -0.000000160. The van der Waals surface area contributed by atoms with Crippen LogP contribution in [0.15, 0.2) is 30.3 Å². The van der Waals surface area contributed by atoms with Gasteiger partial charge in [0.05, 0.1) is 6.61 Å². The van der Waals surface area contributed by atoms with Gasteiger partial charge in [0.1, 0.15) is 6.61 Å². The van der Waals surface area contributed by atoms with Crippen molar-refractivity contribution < 1.29 is 47.3 Å². The normalized spacial score (nSPS) is 10.5. The lowest BCUT2D eigenvalue weighted by molar-refractivity contribution is -0.176. The second-order valence-corrected chi connectivity index (χ2v) is 9.32. The van der Waals surface area contributed by atoms with Crippen LogP contribution in [-0.2, 0) is 35.0 Å². The number of alkyl halides is 3. The first-order valence-corrected chi connectivity index (χ1v) is 13.1. The van der Waals surface area contributed by atoms with E-state index in [4.69, 9.17) is 29.4 Å². The summed E-state index contributed by atoms with van der Waals surface area (Å²) in [6, 6.07) is 8.75. The lowest BCUT2D eigenvalue weighted by Crippen LogP contribution is -2.16. The third kappa shape index (κ3) is 72.2. The van der Waals surface area contributed by atoms with Crippen LogP contribution in [0.25, 0.3) is 0 Å². The van der Waals surface area contributed by atoms with Gasteiger partial charge in [-0.2, -0.15) is 13.2 Å². The number of rotatable bonds is 3.